The summed E-state index contributed by atoms with van der Waals surface area (Å²) in [4.78, 5) is 48.2. The van der Waals surface area contributed by atoms with Crippen LogP contribution < -0.4 is 10.8 Å². The van der Waals surface area contributed by atoms with Gasteiger partial charge in [-0.15, -0.1) is 0 Å². The summed E-state index contributed by atoms with van der Waals surface area (Å²) in [6.07, 6.45) is 2.23. The minimum absolute atomic E-state index is 0.331. The molecular weight excluding hydrogens is 500 g/mol. The number of methoxy groups -OCH3 is 1. The van der Waals surface area contributed by atoms with Crippen molar-refractivity contribution in [2.45, 2.75) is 50.7 Å². The van der Waals surface area contributed by atoms with Crippen molar-refractivity contribution < 1.29 is 28.7 Å². The summed E-state index contributed by atoms with van der Waals surface area (Å²) >= 11 is 0. The fourth-order valence-corrected chi connectivity index (χ4v) is 4.74. The first-order chi connectivity index (χ1) is 18.8. The van der Waals surface area contributed by atoms with E-state index in [2.05, 4.69) is 40.0 Å². The van der Waals surface area contributed by atoms with Crippen molar-refractivity contribution in [1.82, 2.24) is 20.6 Å². The second-order valence-electron chi connectivity index (χ2n) is 10.2. The molecule has 39 heavy (non-hydrogen) atoms. The number of hydrogen-bond donors (Lipinski definition) is 2. The Hall–Kier alpha value is -3.31. The van der Waals surface area contributed by atoms with Gasteiger partial charge >= 0.3 is 0 Å². The zero-order valence-corrected chi connectivity index (χ0v) is 23.1. The van der Waals surface area contributed by atoms with Crippen molar-refractivity contribution in [2.75, 3.05) is 40.9 Å². The second kappa shape index (κ2) is 12.7. The van der Waals surface area contributed by atoms with Gasteiger partial charge in [0.1, 0.15) is 0 Å². The highest BCUT2D eigenvalue weighted by Crippen LogP contribution is 2.24. The van der Waals surface area contributed by atoms with Crippen LogP contribution >= 0.6 is 0 Å². The van der Waals surface area contributed by atoms with Gasteiger partial charge in [0.15, 0.2) is 11.8 Å². The summed E-state index contributed by atoms with van der Waals surface area (Å²) in [7, 11) is 4.58. The van der Waals surface area contributed by atoms with E-state index in [1.165, 1.54) is 26.6 Å². The fraction of sp³-hybridized carbons (Fsp3) is 0.483. The average Bonchev–Trinajstić information content (AvgIpc) is 2.96. The van der Waals surface area contributed by atoms with Gasteiger partial charge in [0.25, 0.3) is 17.7 Å². The highest BCUT2D eigenvalue weighted by Gasteiger charge is 2.47. The third kappa shape index (κ3) is 6.47. The number of carbonyl (C=O) groups excluding carboxylic acids is 3. The lowest BCUT2D eigenvalue weighted by molar-refractivity contribution is -0.204. The first kappa shape index (κ1) is 28.7. The molecule has 210 valence electrons. The van der Waals surface area contributed by atoms with Crippen LogP contribution in [0.15, 0.2) is 48.5 Å². The van der Waals surface area contributed by atoms with E-state index in [0.717, 1.165) is 48.5 Å². The molecule has 2 aromatic rings. The highest BCUT2D eigenvalue weighted by molar-refractivity contribution is 6.12. The second-order valence-corrected chi connectivity index (χ2v) is 10.2. The molecule has 0 aromatic heterocycles. The van der Waals surface area contributed by atoms with E-state index in [9.17, 15) is 14.4 Å². The summed E-state index contributed by atoms with van der Waals surface area (Å²) < 4.78 is 10.8. The van der Waals surface area contributed by atoms with Crippen molar-refractivity contribution in [3.8, 4) is 11.1 Å². The van der Waals surface area contributed by atoms with Gasteiger partial charge in [-0.05, 0) is 48.6 Å². The SMILES string of the molecule is CNC(=O)[C@@](C)(C(=O)NOC1CCCCO1)N(C)C(=O)c1ccc(-c2ccc(CN3CC(OC)C3)cc2)cc1. The molecule has 4 rings (SSSR count). The number of rotatable bonds is 10. The highest BCUT2D eigenvalue weighted by atomic mass is 16.8. The summed E-state index contributed by atoms with van der Waals surface area (Å²) in [6, 6.07) is 15.4. The zero-order chi connectivity index (χ0) is 28.0. The molecule has 2 aliphatic rings. The van der Waals surface area contributed by atoms with E-state index in [1.54, 1.807) is 19.2 Å². The van der Waals surface area contributed by atoms with Crippen molar-refractivity contribution >= 4 is 17.7 Å². The Morgan fingerprint density at radius 3 is 2.23 bits per heavy atom. The lowest BCUT2D eigenvalue weighted by Crippen LogP contribution is -2.65. The summed E-state index contributed by atoms with van der Waals surface area (Å²) in [5.41, 5.74) is 4.04. The van der Waals surface area contributed by atoms with Gasteiger partial charge < -0.3 is 19.7 Å². The Morgan fingerprint density at radius 2 is 1.67 bits per heavy atom. The summed E-state index contributed by atoms with van der Waals surface area (Å²) in [5, 5.41) is 2.48. The van der Waals surface area contributed by atoms with Gasteiger partial charge in [0, 0.05) is 59.4 Å². The van der Waals surface area contributed by atoms with Crippen molar-refractivity contribution in [2.24, 2.45) is 0 Å². The summed E-state index contributed by atoms with van der Waals surface area (Å²) in [6.45, 7) is 4.71. The van der Waals surface area contributed by atoms with Gasteiger partial charge in [0.05, 0.1) is 6.10 Å². The van der Waals surface area contributed by atoms with Gasteiger partial charge in [-0.1, -0.05) is 36.4 Å². The smallest absolute Gasteiger partial charge is 0.279 e. The molecule has 0 bridgehead atoms. The van der Waals surface area contributed by atoms with E-state index in [0.29, 0.717) is 24.7 Å². The van der Waals surface area contributed by atoms with Gasteiger partial charge in [0.2, 0.25) is 0 Å². The predicted octanol–water partition coefficient (Wildman–Crippen LogP) is 2.34. The quantitative estimate of drug-likeness (QED) is 0.353. The first-order valence-electron chi connectivity index (χ1n) is 13.3. The van der Waals surface area contributed by atoms with Crippen LogP contribution in [0, 0.1) is 0 Å². The number of nitrogens with zero attached hydrogens (tertiary/aromatic N) is 2. The molecule has 0 saturated carbocycles. The van der Waals surface area contributed by atoms with E-state index >= 15 is 0 Å². The lowest BCUT2D eigenvalue weighted by Gasteiger charge is -2.38. The molecule has 10 heteroatoms. The van der Waals surface area contributed by atoms with Gasteiger partial charge in [-0.2, -0.15) is 0 Å². The van der Waals surface area contributed by atoms with E-state index in [1.807, 2.05) is 12.1 Å². The van der Waals surface area contributed by atoms with E-state index in [4.69, 9.17) is 14.3 Å². The molecule has 3 amide bonds. The number of hydrogen-bond acceptors (Lipinski definition) is 7. The van der Waals surface area contributed by atoms with Crippen molar-refractivity contribution in [1.29, 1.82) is 0 Å². The maximum Gasteiger partial charge on any atom is 0.279 e. The molecule has 2 atom stereocenters. The zero-order valence-electron chi connectivity index (χ0n) is 23.1. The van der Waals surface area contributed by atoms with Crippen LogP contribution in [0.2, 0.25) is 0 Å². The Labute approximate surface area is 229 Å². The van der Waals surface area contributed by atoms with Crippen LogP contribution in [0.1, 0.15) is 42.1 Å². The van der Waals surface area contributed by atoms with Crippen LogP contribution in [0.3, 0.4) is 0 Å². The number of ether oxygens (including phenoxy) is 2. The number of amides is 3. The van der Waals surface area contributed by atoms with Crippen LogP contribution in [-0.4, -0.2) is 86.4 Å². The Balaban J connectivity index is 1.41. The standard InChI is InChI=1S/C29H38N4O6/c1-29(27(35)30-2,28(36)31-39-25-7-5-6-16-38-25)32(3)26(34)23-14-12-22(13-15-23)21-10-8-20(9-11-21)17-33-18-24(19-33)37-4/h8-15,24-25H,5-7,16-19H2,1-4H3,(H,30,35)(H,31,36)/t25?,29-/m0/s1. The Bertz CT molecular complexity index is 1140. The minimum atomic E-state index is -1.85. The van der Waals surface area contributed by atoms with Crippen LogP contribution in [0.5, 0.6) is 0 Å². The van der Waals surface area contributed by atoms with Crippen LogP contribution in [-0.2, 0) is 30.4 Å². The number of benzene rings is 2. The molecule has 2 heterocycles. The third-order valence-corrected chi connectivity index (χ3v) is 7.59. The molecule has 0 radical (unpaired) electrons. The number of hydroxylamine groups is 1. The number of nitrogens with one attached hydrogen (secondary N) is 2. The number of likely N-dealkylation sites (N-methyl/N-ethyl adjacent to an activating group) is 2. The maximum atomic E-state index is 13.4. The molecular formula is C29H38N4O6. The van der Waals surface area contributed by atoms with E-state index in [-0.39, 0.29) is 0 Å². The molecule has 10 nitrogen and oxygen atoms in total. The first-order valence-corrected chi connectivity index (χ1v) is 13.3. The Morgan fingerprint density at radius 1 is 1.03 bits per heavy atom. The molecule has 0 aliphatic carbocycles. The minimum Gasteiger partial charge on any atom is -0.379 e. The van der Waals surface area contributed by atoms with Gasteiger partial charge in [-0.3, -0.25) is 19.3 Å². The monoisotopic (exact) mass is 538 g/mol. The third-order valence-electron chi connectivity index (χ3n) is 7.59. The number of carbonyl (C=O) groups is 3. The largest absolute Gasteiger partial charge is 0.379 e. The molecule has 1 unspecified atom stereocenters. The molecule has 2 fully saturated rings. The van der Waals surface area contributed by atoms with Crippen molar-refractivity contribution in [3.63, 3.8) is 0 Å². The lowest BCUT2D eigenvalue weighted by atomic mass is 9.96. The maximum absolute atomic E-state index is 13.4. The molecule has 0 spiro atoms. The van der Waals surface area contributed by atoms with E-state index < -0.39 is 29.6 Å². The summed E-state index contributed by atoms with van der Waals surface area (Å²) in [5.74, 6) is -1.88. The van der Waals surface area contributed by atoms with Crippen LogP contribution in [0.4, 0.5) is 0 Å². The van der Waals surface area contributed by atoms with Crippen LogP contribution in [0.25, 0.3) is 11.1 Å². The Kier molecular flexibility index (Phi) is 9.34. The molecule has 2 saturated heterocycles. The predicted molar refractivity (Wildman–Crippen MR) is 145 cm³/mol. The average molecular weight is 539 g/mol. The molecule has 2 aliphatic heterocycles. The molecule has 2 N–H and O–H groups in total. The fourth-order valence-electron chi connectivity index (χ4n) is 4.74. The normalized spacial score (nSPS) is 19.4. The van der Waals surface area contributed by atoms with Crippen molar-refractivity contribution in [3.05, 3.63) is 59.7 Å². The van der Waals surface area contributed by atoms with Gasteiger partial charge in [-0.25, -0.2) is 10.3 Å². The molecule has 2 aromatic carbocycles. The topological polar surface area (TPSA) is 109 Å². The number of likely N-dealkylation sites (tertiary alicyclic amines) is 1.